The van der Waals surface area contributed by atoms with Gasteiger partial charge in [-0.2, -0.15) is 0 Å². The van der Waals surface area contributed by atoms with Crippen LogP contribution in [-0.4, -0.2) is 186 Å². The molecule has 4 fully saturated rings. The third-order valence-electron chi connectivity index (χ3n) is 10.2. The minimum absolute atomic E-state index is 0.0998. The van der Waals surface area contributed by atoms with Crippen LogP contribution in [0.25, 0.3) is 0 Å². The first kappa shape index (κ1) is 40.6. The molecule has 2 aliphatic carbocycles. The molecule has 49 heavy (non-hydrogen) atoms. The quantitative estimate of drug-likeness (QED) is 0.0846. The van der Waals surface area contributed by atoms with E-state index >= 15 is 0 Å². The van der Waals surface area contributed by atoms with Crippen LogP contribution in [0.1, 0.15) is 26.2 Å². The molecule has 0 bridgehead atoms. The van der Waals surface area contributed by atoms with Gasteiger partial charge in [-0.1, -0.05) is 0 Å². The van der Waals surface area contributed by atoms with Gasteiger partial charge >= 0.3 is 0 Å². The van der Waals surface area contributed by atoms with Crippen molar-refractivity contribution in [3.63, 3.8) is 0 Å². The monoisotopic (exact) mass is 712 g/mol. The zero-order chi connectivity index (χ0) is 36.2. The van der Waals surface area contributed by atoms with Crippen molar-refractivity contribution in [1.82, 2.24) is 5.32 Å². The van der Waals surface area contributed by atoms with E-state index in [-0.39, 0.29) is 32.5 Å². The van der Waals surface area contributed by atoms with Gasteiger partial charge in [-0.3, -0.25) is 4.79 Å². The lowest BCUT2D eigenvalue weighted by molar-refractivity contribution is -0.315. The fourth-order valence-corrected chi connectivity index (χ4v) is 7.53. The molecule has 0 spiro atoms. The molecule has 19 atom stereocenters. The molecule has 0 aromatic heterocycles. The van der Waals surface area contributed by atoms with Crippen molar-refractivity contribution in [3.8, 4) is 0 Å². The second-order valence-corrected chi connectivity index (χ2v) is 13.4. The summed E-state index contributed by atoms with van der Waals surface area (Å²) < 4.78 is 40.8. The van der Waals surface area contributed by atoms with Crippen LogP contribution < -0.4 is 22.5 Å². The third kappa shape index (κ3) is 8.88. The molecule has 14 N–H and O–H groups in total. The highest BCUT2D eigenvalue weighted by molar-refractivity contribution is 5.73. The van der Waals surface area contributed by atoms with E-state index in [0.29, 0.717) is 0 Å². The lowest BCUT2D eigenvalue weighted by Crippen LogP contribution is -2.69. The second kappa shape index (κ2) is 18.0. The number of methoxy groups -OCH3 is 2. The number of amides is 1. The van der Waals surface area contributed by atoms with Crippen LogP contribution in [0.15, 0.2) is 0 Å². The summed E-state index contributed by atoms with van der Waals surface area (Å²) in [6.45, 7) is -0.655. The minimum atomic E-state index is -1.56. The predicted octanol–water partition coefficient (Wildman–Crippen LogP) is -6.04. The molecule has 286 valence electrons. The van der Waals surface area contributed by atoms with E-state index in [0.717, 1.165) is 0 Å². The summed E-state index contributed by atoms with van der Waals surface area (Å²) in [5.41, 5.74) is 18.9. The van der Waals surface area contributed by atoms with Crippen molar-refractivity contribution in [2.45, 2.75) is 130 Å². The Balaban J connectivity index is 1.49. The Hall–Kier alpha value is -1.21. The molecular weight excluding hydrogens is 656 g/mol. The van der Waals surface area contributed by atoms with E-state index in [1.165, 1.54) is 21.1 Å². The van der Waals surface area contributed by atoms with Crippen LogP contribution >= 0.6 is 0 Å². The first-order valence-electron chi connectivity index (χ1n) is 16.7. The summed E-state index contributed by atoms with van der Waals surface area (Å²) in [6.07, 6.45) is -13.5. The van der Waals surface area contributed by atoms with Crippen molar-refractivity contribution >= 4 is 5.91 Å². The summed E-state index contributed by atoms with van der Waals surface area (Å²) in [4.78, 5) is 12.3. The molecule has 0 aromatic rings. The summed E-state index contributed by atoms with van der Waals surface area (Å²) in [6, 6.07) is -3.91. The lowest BCUT2D eigenvalue weighted by atomic mass is 9.79. The van der Waals surface area contributed by atoms with Crippen LogP contribution in [0.3, 0.4) is 0 Å². The predicted molar refractivity (Wildman–Crippen MR) is 166 cm³/mol. The van der Waals surface area contributed by atoms with Crippen molar-refractivity contribution in [1.29, 1.82) is 0 Å². The van der Waals surface area contributed by atoms with Crippen molar-refractivity contribution in [3.05, 3.63) is 0 Å². The van der Waals surface area contributed by atoms with E-state index in [4.69, 9.17) is 50.4 Å². The van der Waals surface area contributed by atoms with Crippen LogP contribution in [0, 0.1) is 11.8 Å². The molecule has 2 saturated heterocycles. The topological polar surface area (TPSA) is 313 Å². The highest BCUT2D eigenvalue weighted by Crippen LogP contribution is 2.36. The molecule has 4 aliphatic rings. The average Bonchev–Trinajstić information content (AvgIpc) is 3.08. The van der Waals surface area contributed by atoms with Gasteiger partial charge in [0.2, 0.25) is 5.91 Å². The van der Waals surface area contributed by atoms with E-state index < -0.39 is 135 Å². The van der Waals surface area contributed by atoms with Crippen molar-refractivity contribution in [2.24, 2.45) is 29.0 Å². The SMILES string of the molecule is CO[C@@H]1OC(CO)C(OC2C[C@@H](CO)[C@@H](O[C@@H]3OC(CO)C(OC4C[C@@H](CO)[C@@H](OC)C(O)C4N)[C@@H](O)[C@@H]3NC(C)=O)C(O)C2N)C[C@@H]1N. The lowest BCUT2D eigenvalue weighted by Gasteiger charge is -2.50. The average molecular weight is 713 g/mol. The maximum Gasteiger partial charge on any atom is 0.217 e. The zero-order valence-corrected chi connectivity index (χ0v) is 28.0. The Kier molecular flexibility index (Phi) is 14.9. The number of nitrogens with one attached hydrogen (secondary N) is 1. The van der Waals surface area contributed by atoms with Crippen LogP contribution in [-0.2, 0) is 38.0 Å². The first-order valence-corrected chi connectivity index (χ1v) is 16.7. The second-order valence-electron chi connectivity index (χ2n) is 13.4. The van der Waals surface area contributed by atoms with Gasteiger partial charge in [-0.05, 0) is 19.3 Å². The van der Waals surface area contributed by atoms with Gasteiger partial charge in [-0.15, -0.1) is 0 Å². The maximum absolute atomic E-state index is 12.3. The van der Waals surface area contributed by atoms with Gasteiger partial charge in [0, 0.05) is 46.2 Å². The molecule has 19 heteroatoms. The number of hydrogen-bond acceptors (Lipinski definition) is 18. The summed E-state index contributed by atoms with van der Waals surface area (Å²) in [5.74, 6) is -1.88. The molecule has 19 nitrogen and oxygen atoms in total. The standard InChI is InChI=1S/C30H56N4O15/c1-11(39)34-22-25(42)28(46-17-4-12(7-35)26(43-2)23(40)21(17)33)19(10-38)48-30(22)49-27-13(8-36)5-16(20(32)24(27)41)45-15-6-14(31)29(44-3)47-18(15)9-37/h12-30,35-38,40-42H,4-10,31-33H2,1-3H3,(H,34,39)/t12-,13-,14-,15?,16?,17?,18?,19?,20?,21?,22-,23?,24?,25-,26+,27+,28?,29+,30-/m0/s1. The van der Waals surface area contributed by atoms with Crippen LogP contribution in [0.2, 0.25) is 0 Å². The highest BCUT2D eigenvalue weighted by atomic mass is 16.7. The van der Waals surface area contributed by atoms with Gasteiger partial charge in [0.1, 0.15) is 30.5 Å². The fraction of sp³-hybridized carbons (Fsp3) is 0.967. The number of rotatable bonds is 13. The molecule has 4 rings (SSSR count). The van der Waals surface area contributed by atoms with Gasteiger partial charge < -0.3 is 91.4 Å². The van der Waals surface area contributed by atoms with E-state index in [2.05, 4.69) is 5.32 Å². The van der Waals surface area contributed by atoms with E-state index in [9.17, 15) is 40.5 Å². The number of aliphatic hydroxyl groups excluding tert-OH is 7. The Morgan fingerprint density at radius 1 is 0.673 bits per heavy atom. The molecule has 2 aliphatic heterocycles. The highest BCUT2D eigenvalue weighted by Gasteiger charge is 2.53. The number of aliphatic hydroxyl groups is 7. The van der Waals surface area contributed by atoms with E-state index in [1.807, 2.05) is 0 Å². The number of nitrogens with two attached hydrogens (primary N) is 3. The molecule has 0 aromatic carbocycles. The molecule has 0 radical (unpaired) electrons. The molecule has 2 heterocycles. The number of carbonyl (C=O) groups excluding carboxylic acids is 1. The largest absolute Gasteiger partial charge is 0.396 e. The Morgan fingerprint density at radius 2 is 1.22 bits per heavy atom. The maximum atomic E-state index is 12.3. The molecular formula is C30H56N4O15. The van der Waals surface area contributed by atoms with Gasteiger partial charge in [-0.25, -0.2) is 0 Å². The molecule has 10 unspecified atom stereocenters. The summed E-state index contributed by atoms with van der Waals surface area (Å²) in [7, 11) is 2.82. The summed E-state index contributed by atoms with van der Waals surface area (Å²) in [5, 5.41) is 76.7. The normalized spacial score (nSPS) is 47.9. The van der Waals surface area contributed by atoms with Crippen molar-refractivity contribution < 1.29 is 73.7 Å². The Labute approximate surface area is 284 Å². The Morgan fingerprint density at radius 3 is 1.76 bits per heavy atom. The van der Waals surface area contributed by atoms with Crippen molar-refractivity contribution in [2.75, 3.05) is 40.6 Å². The first-order chi connectivity index (χ1) is 23.3. The number of hydrogen-bond donors (Lipinski definition) is 11. The zero-order valence-electron chi connectivity index (χ0n) is 28.0. The van der Waals surface area contributed by atoms with Gasteiger partial charge in [0.15, 0.2) is 12.6 Å². The summed E-state index contributed by atoms with van der Waals surface area (Å²) >= 11 is 0. The molecule has 1 amide bonds. The smallest absolute Gasteiger partial charge is 0.217 e. The minimum Gasteiger partial charge on any atom is -0.396 e. The number of carbonyl (C=O) groups is 1. The molecule has 2 saturated carbocycles. The number of ether oxygens (including phenoxy) is 7. The fourth-order valence-electron chi connectivity index (χ4n) is 7.53. The van der Waals surface area contributed by atoms with Gasteiger partial charge in [0.05, 0.1) is 74.1 Å². The van der Waals surface area contributed by atoms with Crippen LogP contribution in [0.5, 0.6) is 0 Å². The van der Waals surface area contributed by atoms with Crippen LogP contribution in [0.4, 0.5) is 0 Å². The Bertz CT molecular complexity index is 1030. The third-order valence-corrected chi connectivity index (χ3v) is 10.2. The van der Waals surface area contributed by atoms with Gasteiger partial charge in [0.25, 0.3) is 0 Å². The van der Waals surface area contributed by atoms with E-state index in [1.54, 1.807) is 0 Å².